The second kappa shape index (κ2) is 8.28. The number of hydrogen-bond donors (Lipinski definition) is 1. The molecule has 18 heavy (non-hydrogen) atoms. The molecular weight excluding hydrogens is 220 g/mol. The summed E-state index contributed by atoms with van der Waals surface area (Å²) in [7, 11) is 3.75. The molecule has 0 aromatic heterocycles. The molecule has 102 valence electrons. The fourth-order valence-electron chi connectivity index (χ4n) is 2.39. The summed E-state index contributed by atoms with van der Waals surface area (Å²) in [5, 5.41) is 2.75. The number of rotatable bonds is 3. The van der Waals surface area contributed by atoms with E-state index in [-0.39, 0.29) is 0 Å². The zero-order valence-corrected chi connectivity index (χ0v) is 12.3. The molecular formula is C16H28N2. The lowest BCUT2D eigenvalue weighted by Crippen LogP contribution is -2.21. The van der Waals surface area contributed by atoms with Gasteiger partial charge in [0.15, 0.2) is 0 Å². The lowest BCUT2D eigenvalue weighted by Gasteiger charge is -2.17. The Morgan fingerprint density at radius 1 is 1.22 bits per heavy atom. The molecule has 0 amide bonds. The van der Waals surface area contributed by atoms with Crippen molar-refractivity contribution in [1.82, 2.24) is 10.2 Å². The van der Waals surface area contributed by atoms with Gasteiger partial charge in [0.1, 0.15) is 0 Å². The van der Waals surface area contributed by atoms with Crippen molar-refractivity contribution in [2.24, 2.45) is 11.8 Å². The minimum atomic E-state index is 0.839. The number of nitrogens with zero attached hydrogens (tertiary/aromatic N) is 1. The first-order valence-corrected chi connectivity index (χ1v) is 7.02. The smallest absolute Gasteiger partial charge is 0.0233 e. The van der Waals surface area contributed by atoms with Gasteiger partial charge in [-0.05, 0) is 44.5 Å². The van der Waals surface area contributed by atoms with Crippen LogP contribution in [0.4, 0.5) is 0 Å². The Kier molecular flexibility index (Phi) is 6.99. The van der Waals surface area contributed by atoms with Gasteiger partial charge in [0.05, 0.1) is 0 Å². The van der Waals surface area contributed by atoms with E-state index in [1.54, 1.807) is 0 Å². The van der Waals surface area contributed by atoms with E-state index in [0.29, 0.717) is 0 Å². The van der Waals surface area contributed by atoms with E-state index in [0.717, 1.165) is 18.4 Å². The maximum absolute atomic E-state index is 2.75. The minimum Gasteiger partial charge on any atom is -0.323 e. The lowest BCUT2D eigenvalue weighted by atomic mass is 9.95. The fraction of sp³-hybridized carbons (Fsp3) is 0.625. The van der Waals surface area contributed by atoms with Crippen molar-refractivity contribution < 1.29 is 0 Å². The van der Waals surface area contributed by atoms with E-state index < -0.39 is 0 Å². The van der Waals surface area contributed by atoms with Gasteiger partial charge in [0.2, 0.25) is 0 Å². The van der Waals surface area contributed by atoms with E-state index in [2.05, 4.69) is 54.4 Å². The van der Waals surface area contributed by atoms with E-state index in [1.165, 1.54) is 25.1 Å². The van der Waals surface area contributed by atoms with Crippen LogP contribution in [0, 0.1) is 11.8 Å². The molecule has 1 aromatic rings. The zero-order valence-electron chi connectivity index (χ0n) is 12.3. The first-order chi connectivity index (χ1) is 8.67. The minimum absolute atomic E-state index is 0.839. The van der Waals surface area contributed by atoms with Crippen LogP contribution in [-0.4, -0.2) is 32.1 Å². The van der Waals surface area contributed by atoms with Gasteiger partial charge in [0.25, 0.3) is 0 Å². The maximum atomic E-state index is 2.75. The number of likely N-dealkylation sites (tertiary alicyclic amines) is 1. The highest BCUT2D eigenvalue weighted by atomic mass is 15.1. The molecule has 2 heteroatoms. The summed E-state index contributed by atoms with van der Waals surface area (Å²) < 4.78 is 0. The third kappa shape index (κ3) is 5.19. The van der Waals surface area contributed by atoms with Crippen molar-refractivity contribution in [3.63, 3.8) is 0 Å². The Morgan fingerprint density at radius 3 is 2.33 bits per heavy atom. The Hall–Kier alpha value is -0.860. The number of hydrogen-bond acceptors (Lipinski definition) is 2. The molecule has 0 radical (unpaired) electrons. The molecule has 1 aliphatic rings. The van der Waals surface area contributed by atoms with E-state index >= 15 is 0 Å². The van der Waals surface area contributed by atoms with Gasteiger partial charge in [-0.3, -0.25) is 4.90 Å². The van der Waals surface area contributed by atoms with Crippen molar-refractivity contribution in [3.05, 3.63) is 35.9 Å². The van der Waals surface area contributed by atoms with Crippen LogP contribution in [0.1, 0.15) is 25.8 Å². The normalized spacial score (nSPS) is 19.7. The molecule has 1 unspecified atom stereocenters. The SMILES string of the molecule is CC(C)C1CCN(Cc2ccccc2)C1.CNC. The Bertz CT molecular complexity index is 308. The van der Waals surface area contributed by atoms with Gasteiger partial charge in [-0.15, -0.1) is 0 Å². The van der Waals surface area contributed by atoms with Crippen LogP contribution in [-0.2, 0) is 6.54 Å². The monoisotopic (exact) mass is 248 g/mol. The average molecular weight is 248 g/mol. The molecule has 2 nitrogen and oxygen atoms in total. The van der Waals surface area contributed by atoms with Crippen molar-refractivity contribution in [2.75, 3.05) is 27.2 Å². The van der Waals surface area contributed by atoms with Crippen molar-refractivity contribution >= 4 is 0 Å². The Labute approximate surface area is 112 Å². The molecule has 1 aliphatic heterocycles. The molecule has 2 rings (SSSR count). The largest absolute Gasteiger partial charge is 0.323 e. The second-order valence-electron chi connectivity index (χ2n) is 5.51. The van der Waals surface area contributed by atoms with Crippen molar-refractivity contribution in [3.8, 4) is 0 Å². The molecule has 1 fully saturated rings. The van der Waals surface area contributed by atoms with Gasteiger partial charge in [-0.25, -0.2) is 0 Å². The third-order valence-electron chi connectivity index (χ3n) is 3.50. The quantitative estimate of drug-likeness (QED) is 0.884. The predicted octanol–water partition coefficient (Wildman–Crippen LogP) is 3.00. The summed E-state index contributed by atoms with van der Waals surface area (Å²) in [4.78, 5) is 2.58. The topological polar surface area (TPSA) is 15.3 Å². The predicted molar refractivity (Wildman–Crippen MR) is 79.6 cm³/mol. The highest BCUT2D eigenvalue weighted by molar-refractivity contribution is 5.14. The summed E-state index contributed by atoms with van der Waals surface area (Å²) in [6, 6.07) is 10.8. The maximum Gasteiger partial charge on any atom is 0.0233 e. The molecule has 0 spiro atoms. The Balaban J connectivity index is 0.000000492. The van der Waals surface area contributed by atoms with Crippen LogP contribution >= 0.6 is 0 Å². The van der Waals surface area contributed by atoms with Crippen LogP contribution in [0.3, 0.4) is 0 Å². The molecule has 1 saturated heterocycles. The first kappa shape index (κ1) is 15.2. The summed E-state index contributed by atoms with van der Waals surface area (Å²) in [5.41, 5.74) is 1.45. The molecule has 1 N–H and O–H groups in total. The van der Waals surface area contributed by atoms with E-state index in [1.807, 2.05) is 14.1 Å². The molecule has 0 saturated carbocycles. The standard InChI is InChI=1S/C14H21N.C2H7N/c1-12(2)14-8-9-15(11-14)10-13-6-4-3-5-7-13;1-3-2/h3-7,12,14H,8-11H2,1-2H3;3H,1-2H3. The molecule has 0 bridgehead atoms. The first-order valence-electron chi connectivity index (χ1n) is 7.02. The molecule has 1 atom stereocenters. The van der Waals surface area contributed by atoms with Gasteiger partial charge < -0.3 is 5.32 Å². The van der Waals surface area contributed by atoms with Crippen LogP contribution in [0.15, 0.2) is 30.3 Å². The molecule has 1 aromatic carbocycles. The summed E-state index contributed by atoms with van der Waals surface area (Å²) >= 11 is 0. The van der Waals surface area contributed by atoms with E-state index in [4.69, 9.17) is 0 Å². The van der Waals surface area contributed by atoms with Gasteiger partial charge in [-0.2, -0.15) is 0 Å². The van der Waals surface area contributed by atoms with Crippen LogP contribution < -0.4 is 5.32 Å². The van der Waals surface area contributed by atoms with Crippen LogP contribution in [0.5, 0.6) is 0 Å². The summed E-state index contributed by atoms with van der Waals surface area (Å²) in [6.07, 6.45) is 1.38. The van der Waals surface area contributed by atoms with Gasteiger partial charge >= 0.3 is 0 Å². The number of nitrogens with one attached hydrogen (secondary N) is 1. The number of benzene rings is 1. The second-order valence-corrected chi connectivity index (χ2v) is 5.51. The Morgan fingerprint density at radius 2 is 1.83 bits per heavy atom. The van der Waals surface area contributed by atoms with Gasteiger partial charge in [0, 0.05) is 13.1 Å². The van der Waals surface area contributed by atoms with Crippen molar-refractivity contribution in [1.29, 1.82) is 0 Å². The van der Waals surface area contributed by atoms with Crippen LogP contribution in [0.2, 0.25) is 0 Å². The lowest BCUT2D eigenvalue weighted by molar-refractivity contribution is 0.297. The van der Waals surface area contributed by atoms with Crippen molar-refractivity contribution in [2.45, 2.75) is 26.8 Å². The molecule has 0 aliphatic carbocycles. The average Bonchev–Trinajstić information content (AvgIpc) is 2.80. The summed E-state index contributed by atoms with van der Waals surface area (Å²) in [5.74, 6) is 1.75. The summed E-state index contributed by atoms with van der Waals surface area (Å²) in [6.45, 7) is 8.38. The fourth-order valence-corrected chi connectivity index (χ4v) is 2.39. The van der Waals surface area contributed by atoms with Gasteiger partial charge in [-0.1, -0.05) is 44.2 Å². The van der Waals surface area contributed by atoms with Crippen LogP contribution in [0.25, 0.3) is 0 Å². The molecule has 1 heterocycles. The third-order valence-corrected chi connectivity index (χ3v) is 3.50. The highest BCUT2D eigenvalue weighted by Gasteiger charge is 2.24. The van der Waals surface area contributed by atoms with E-state index in [9.17, 15) is 0 Å². The highest BCUT2D eigenvalue weighted by Crippen LogP contribution is 2.24. The zero-order chi connectivity index (χ0) is 13.4.